The van der Waals surface area contributed by atoms with Crippen molar-refractivity contribution in [2.75, 3.05) is 11.9 Å². The molecule has 26 heavy (non-hydrogen) atoms. The Bertz CT molecular complexity index is 940. The highest BCUT2D eigenvalue weighted by atomic mass is 16.2. The van der Waals surface area contributed by atoms with Crippen molar-refractivity contribution in [1.82, 2.24) is 9.47 Å². The van der Waals surface area contributed by atoms with Gasteiger partial charge in [0.25, 0.3) is 0 Å². The lowest BCUT2D eigenvalue weighted by atomic mass is 10.1. The highest BCUT2D eigenvalue weighted by Crippen LogP contribution is 2.29. The van der Waals surface area contributed by atoms with E-state index in [0.29, 0.717) is 6.54 Å². The maximum Gasteiger partial charge on any atom is 0.322 e. The van der Waals surface area contributed by atoms with Crippen molar-refractivity contribution in [1.29, 1.82) is 0 Å². The number of benzene rings is 2. The van der Waals surface area contributed by atoms with E-state index in [2.05, 4.69) is 60.3 Å². The first kappa shape index (κ1) is 16.7. The van der Waals surface area contributed by atoms with Gasteiger partial charge in [-0.3, -0.25) is 0 Å². The maximum atomic E-state index is 12.8. The number of anilines is 1. The van der Waals surface area contributed by atoms with Gasteiger partial charge < -0.3 is 14.8 Å². The lowest BCUT2D eigenvalue weighted by molar-refractivity contribution is 0.210. The molecule has 0 unspecified atom stereocenters. The lowest BCUT2D eigenvalue weighted by Gasteiger charge is -2.22. The summed E-state index contributed by atoms with van der Waals surface area (Å²) in [6.07, 6.45) is 4.14. The van der Waals surface area contributed by atoms with Crippen LogP contribution in [0.1, 0.15) is 30.5 Å². The smallest absolute Gasteiger partial charge is 0.322 e. The van der Waals surface area contributed by atoms with Crippen molar-refractivity contribution in [3.8, 4) is 0 Å². The molecule has 4 heteroatoms. The van der Waals surface area contributed by atoms with Crippen LogP contribution in [0.3, 0.4) is 0 Å². The van der Waals surface area contributed by atoms with E-state index in [-0.39, 0.29) is 6.03 Å². The van der Waals surface area contributed by atoms with E-state index < -0.39 is 0 Å². The summed E-state index contributed by atoms with van der Waals surface area (Å²) < 4.78 is 2.30. The molecule has 0 saturated carbocycles. The molecular weight excluding hydrogens is 322 g/mol. The Morgan fingerprint density at radius 3 is 2.62 bits per heavy atom. The zero-order valence-electron chi connectivity index (χ0n) is 15.5. The number of amides is 2. The molecule has 4 nitrogen and oxygen atoms in total. The summed E-state index contributed by atoms with van der Waals surface area (Å²) in [5, 5.41) is 4.38. The molecule has 0 saturated heterocycles. The average molecular weight is 347 g/mol. The van der Waals surface area contributed by atoms with Crippen molar-refractivity contribution in [3.63, 3.8) is 0 Å². The van der Waals surface area contributed by atoms with E-state index in [4.69, 9.17) is 0 Å². The van der Waals surface area contributed by atoms with Crippen molar-refractivity contribution in [3.05, 3.63) is 65.4 Å². The van der Waals surface area contributed by atoms with Gasteiger partial charge in [-0.1, -0.05) is 31.2 Å². The van der Waals surface area contributed by atoms with Crippen LogP contribution in [0.5, 0.6) is 0 Å². The molecule has 4 rings (SSSR count). The van der Waals surface area contributed by atoms with E-state index >= 15 is 0 Å². The zero-order valence-corrected chi connectivity index (χ0v) is 15.5. The van der Waals surface area contributed by atoms with Gasteiger partial charge >= 0.3 is 6.03 Å². The molecule has 1 aliphatic rings. The molecule has 0 spiro atoms. The summed E-state index contributed by atoms with van der Waals surface area (Å²) in [4.78, 5) is 14.7. The number of rotatable bonds is 3. The Morgan fingerprint density at radius 1 is 1.08 bits per heavy atom. The third-order valence-corrected chi connectivity index (χ3v) is 5.32. The number of nitrogens with one attached hydrogen (secondary N) is 1. The number of aromatic nitrogens is 1. The van der Waals surface area contributed by atoms with Crippen LogP contribution < -0.4 is 5.32 Å². The largest absolute Gasteiger partial charge is 0.347 e. The number of aryl methyl sites for hydroxylation is 2. The van der Waals surface area contributed by atoms with Gasteiger partial charge in [-0.05, 0) is 54.7 Å². The summed E-state index contributed by atoms with van der Waals surface area (Å²) in [7, 11) is 0. The summed E-state index contributed by atoms with van der Waals surface area (Å²) in [5.41, 5.74) is 5.98. The Labute approximate surface area is 154 Å². The molecule has 2 amide bonds. The molecule has 0 aliphatic carbocycles. The molecule has 0 fully saturated rings. The number of urea groups is 1. The van der Waals surface area contributed by atoms with E-state index in [1.54, 1.807) is 0 Å². The van der Waals surface area contributed by atoms with E-state index in [1.807, 2.05) is 17.0 Å². The Balaban J connectivity index is 1.56. The number of hydrogen-bond donors (Lipinski definition) is 1. The SMILES string of the molecule is CCc1ccc(NC(=O)N2CCc3cn(CC)c4cccc(c34)C2)cc1. The first-order chi connectivity index (χ1) is 12.7. The number of carbonyl (C=O) groups is 1. The summed E-state index contributed by atoms with van der Waals surface area (Å²) in [6.45, 7) is 6.65. The highest BCUT2D eigenvalue weighted by molar-refractivity contribution is 5.91. The van der Waals surface area contributed by atoms with Crippen molar-refractivity contribution in [2.24, 2.45) is 0 Å². The summed E-state index contributed by atoms with van der Waals surface area (Å²) in [6, 6.07) is 14.5. The van der Waals surface area contributed by atoms with E-state index in [1.165, 1.54) is 27.6 Å². The molecule has 2 heterocycles. The van der Waals surface area contributed by atoms with E-state index in [0.717, 1.165) is 31.6 Å². The molecule has 3 aromatic rings. The van der Waals surface area contributed by atoms with Crippen LogP contribution in [-0.4, -0.2) is 22.0 Å². The molecule has 0 bridgehead atoms. The quantitative estimate of drug-likeness (QED) is 0.725. The van der Waals surface area contributed by atoms with Crippen molar-refractivity contribution < 1.29 is 4.79 Å². The van der Waals surface area contributed by atoms with Gasteiger partial charge in [-0.15, -0.1) is 0 Å². The Morgan fingerprint density at radius 2 is 1.88 bits per heavy atom. The second-order valence-corrected chi connectivity index (χ2v) is 6.90. The van der Waals surface area contributed by atoms with Crippen LogP contribution in [0.4, 0.5) is 10.5 Å². The Kier molecular flexibility index (Phi) is 4.41. The number of nitrogens with zero attached hydrogens (tertiary/aromatic N) is 2. The van der Waals surface area contributed by atoms with Crippen LogP contribution in [0.2, 0.25) is 0 Å². The zero-order chi connectivity index (χ0) is 18.1. The fourth-order valence-corrected chi connectivity index (χ4v) is 3.84. The molecular formula is C22H25N3O. The van der Waals surface area contributed by atoms with Crippen LogP contribution in [-0.2, 0) is 25.9 Å². The lowest BCUT2D eigenvalue weighted by Crippen LogP contribution is -2.35. The summed E-state index contributed by atoms with van der Waals surface area (Å²) in [5.74, 6) is 0. The number of hydrogen-bond acceptors (Lipinski definition) is 1. The normalized spacial score (nSPS) is 13.7. The molecule has 1 aliphatic heterocycles. The fraction of sp³-hybridized carbons (Fsp3) is 0.318. The first-order valence-electron chi connectivity index (χ1n) is 9.44. The van der Waals surface area contributed by atoms with Crippen molar-refractivity contribution in [2.45, 2.75) is 39.8 Å². The van der Waals surface area contributed by atoms with Gasteiger partial charge in [0, 0.05) is 42.4 Å². The van der Waals surface area contributed by atoms with Crippen LogP contribution >= 0.6 is 0 Å². The van der Waals surface area contributed by atoms with E-state index in [9.17, 15) is 4.79 Å². The molecule has 134 valence electrons. The second kappa shape index (κ2) is 6.87. The maximum absolute atomic E-state index is 12.8. The van der Waals surface area contributed by atoms with Crippen LogP contribution in [0.15, 0.2) is 48.7 Å². The topological polar surface area (TPSA) is 37.3 Å². The van der Waals surface area contributed by atoms with Gasteiger partial charge in [0.1, 0.15) is 0 Å². The van der Waals surface area contributed by atoms with Crippen molar-refractivity contribution >= 4 is 22.6 Å². The fourth-order valence-electron chi connectivity index (χ4n) is 3.84. The monoisotopic (exact) mass is 347 g/mol. The molecule has 0 radical (unpaired) electrons. The predicted octanol–water partition coefficient (Wildman–Crippen LogP) is 4.81. The molecule has 1 N–H and O–H groups in total. The third-order valence-electron chi connectivity index (χ3n) is 5.32. The third kappa shape index (κ3) is 2.96. The standard InChI is InChI=1S/C22H25N3O/c1-3-16-8-10-19(11-9-16)23-22(26)25-13-12-18-14-24(4-2)20-7-5-6-17(15-25)21(18)20/h5-11,14H,3-4,12-13,15H2,1-2H3,(H,23,26). The second-order valence-electron chi connectivity index (χ2n) is 6.90. The predicted molar refractivity (Wildman–Crippen MR) is 107 cm³/mol. The van der Waals surface area contributed by atoms with Crippen LogP contribution in [0, 0.1) is 0 Å². The molecule has 1 aromatic heterocycles. The van der Waals surface area contributed by atoms with Gasteiger partial charge in [-0.25, -0.2) is 4.79 Å². The minimum atomic E-state index is -0.0280. The van der Waals surface area contributed by atoms with Gasteiger partial charge in [-0.2, -0.15) is 0 Å². The highest BCUT2D eigenvalue weighted by Gasteiger charge is 2.22. The van der Waals surface area contributed by atoms with Crippen LogP contribution in [0.25, 0.3) is 10.9 Å². The summed E-state index contributed by atoms with van der Waals surface area (Å²) >= 11 is 0. The molecule has 0 atom stereocenters. The first-order valence-corrected chi connectivity index (χ1v) is 9.44. The molecule has 2 aromatic carbocycles. The van der Waals surface area contributed by atoms with Gasteiger partial charge in [0.05, 0.1) is 0 Å². The minimum absolute atomic E-state index is 0.0280. The average Bonchev–Trinajstić information content (AvgIpc) is 2.93. The van der Waals surface area contributed by atoms with Gasteiger partial charge in [0.15, 0.2) is 0 Å². The Hall–Kier alpha value is -2.75. The number of carbonyl (C=O) groups excluding carboxylic acids is 1. The minimum Gasteiger partial charge on any atom is -0.347 e. The van der Waals surface area contributed by atoms with Gasteiger partial charge in [0.2, 0.25) is 0 Å².